The van der Waals surface area contributed by atoms with Gasteiger partial charge in [0, 0.05) is 9.64 Å². The van der Waals surface area contributed by atoms with Crippen molar-refractivity contribution < 1.29 is 19.4 Å². The van der Waals surface area contributed by atoms with Crippen LogP contribution in [-0.4, -0.2) is 45.5 Å². The minimum atomic E-state index is -0.838. The first kappa shape index (κ1) is 23.1. The second-order valence-corrected chi connectivity index (χ2v) is 10.6. The molecular weight excluding hydrogens is 398 g/mol. The molecule has 3 atom stereocenters. The van der Waals surface area contributed by atoms with Crippen LogP contribution < -0.4 is 0 Å². The van der Waals surface area contributed by atoms with Crippen molar-refractivity contribution in [3.8, 4) is 0 Å². The third-order valence-electron chi connectivity index (χ3n) is 6.58. The number of imide groups is 1. The minimum Gasteiger partial charge on any atom is -0.447 e. The lowest BCUT2D eigenvalue weighted by molar-refractivity contribution is -0.138. The van der Waals surface area contributed by atoms with Gasteiger partial charge in [0.15, 0.2) is 0 Å². The van der Waals surface area contributed by atoms with E-state index in [4.69, 9.17) is 4.74 Å². The van der Waals surface area contributed by atoms with Crippen LogP contribution >= 0.6 is 11.8 Å². The highest BCUT2D eigenvalue weighted by Gasteiger charge is 2.48. The van der Waals surface area contributed by atoms with Crippen molar-refractivity contribution in [1.29, 1.82) is 0 Å². The zero-order valence-electron chi connectivity index (χ0n) is 18.4. The Balaban J connectivity index is 1.86. The lowest BCUT2D eigenvalue weighted by atomic mass is 9.81. The van der Waals surface area contributed by atoms with Crippen LogP contribution in [0.5, 0.6) is 0 Å². The highest BCUT2D eigenvalue weighted by molar-refractivity contribution is 8.00. The number of nitrogens with zero attached hydrogens (tertiary/aromatic N) is 1. The molecule has 3 rings (SSSR count). The van der Waals surface area contributed by atoms with Gasteiger partial charge < -0.3 is 9.84 Å². The van der Waals surface area contributed by atoms with Crippen LogP contribution in [0.25, 0.3) is 0 Å². The topological polar surface area (TPSA) is 66.8 Å². The van der Waals surface area contributed by atoms with E-state index in [-0.39, 0.29) is 24.5 Å². The average molecular weight is 434 g/mol. The second-order valence-electron chi connectivity index (χ2n) is 9.08. The quantitative estimate of drug-likeness (QED) is 0.663. The van der Waals surface area contributed by atoms with Crippen molar-refractivity contribution in [2.75, 3.05) is 6.61 Å². The number of aliphatic hydroxyl groups excluding tert-OH is 1. The fraction of sp³-hybridized carbons (Fsp3) is 0.667. The van der Waals surface area contributed by atoms with Crippen LogP contribution in [0.15, 0.2) is 35.2 Å². The van der Waals surface area contributed by atoms with Crippen molar-refractivity contribution in [2.24, 2.45) is 11.8 Å². The first-order valence-corrected chi connectivity index (χ1v) is 12.1. The Hall–Kier alpha value is -1.53. The van der Waals surface area contributed by atoms with Crippen molar-refractivity contribution >= 4 is 23.8 Å². The van der Waals surface area contributed by atoms with Crippen molar-refractivity contribution in [1.82, 2.24) is 4.90 Å². The molecule has 1 aromatic rings. The van der Waals surface area contributed by atoms with E-state index in [1.807, 2.05) is 32.0 Å². The molecule has 5 nitrogen and oxygen atoms in total. The fourth-order valence-corrected chi connectivity index (χ4v) is 6.26. The first-order chi connectivity index (χ1) is 14.4. The predicted octanol–water partition coefficient (Wildman–Crippen LogP) is 5.26. The molecule has 166 valence electrons. The SMILES string of the molecule is CC(C)[C@H]1COC(=O)N1C(=O)[C@H](C)[C@@H](O)C1(Sc2ccccc2)CCCCCCC1. The summed E-state index contributed by atoms with van der Waals surface area (Å²) in [6.45, 7) is 5.96. The van der Waals surface area contributed by atoms with E-state index in [0.717, 1.165) is 43.4 Å². The summed E-state index contributed by atoms with van der Waals surface area (Å²) in [6, 6.07) is 9.87. The largest absolute Gasteiger partial charge is 0.447 e. The zero-order chi connectivity index (χ0) is 21.7. The number of cyclic esters (lactones) is 1. The molecule has 1 aliphatic carbocycles. The maximum absolute atomic E-state index is 13.4. The van der Waals surface area contributed by atoms with Gasteiger partial charge in [0.1, 0.15) is 6.61 Å². The van der Waals surface area contributed by atoms with E-state index in [1.54, 1.807) is 18.7 Å². The van der Waals surface area contributed by atoms with E-state index in [1.165, 1.54) is 11.3 Å². The highest BCUT2D eigenvalue weighted by atomic mass is 32.2. The lowest BCUT2D eigenvalue weighted by Gasteiger charge is -2.42. The molecule has 6 heteroatoms. The van der Waals surface area contributed by atoms with Gasteiger partial charge in [-0.25, -0.2) is 9.69 Å². The first-order valence-electron chi connectivity index (χ1n) is 11.3. The van der Waals surface area contributed by atoms with Crippen LogP contribution in [0.2, 0.25) is 0 Å². The van der Waals surface area contributed by atoms with Gasteiger partial charge in [-0.05, 0) is 30.9 Å². The molecule has 1 N–H and O–H groups in total. The Bertz CT molecular complexity index is 715. The standard InChI is InChI=1S/C24H35NO4S/c1-17(2)20-16-29-23(28)25(20)22(27)18(3)21(26)24(14-10-5-4-6-11-15-24)30-19-12-8-7-9-13-19/h7-9,12-13,17-18,20-21,26H,4-6,10-11,14-16H2,1-3H3/t18-,20-,21-/m1/s1. The molecule has 1 aromatic carbocycles. The van der Waals surface area contributed by atoms with Crippen LogP contribution in [-0.2, 0) is 9.53 Å². The molecule has 30 heavy (non-hydrogen) atoms. The summed E-state index contributed by atoms with van der Waals surface area (Å²) in [5.74, 6) is -0.884. The van der Waals surface area contributed by atoms with E-state index in [0.29, 0.717) is 0 Å². The minimum absolute atomic E-state index is 0.110. The summed E-state index contributed by atoms with van der Waals surface area (Å²) in [7, 11) is 0. The number of aliphatic hydroxyl groups is 1. The van der Waals surface area contributed by atoms with Crippen molar-refractivity contribution in [2.45, 2.75) is 87.5 Å². The summed E-state index contributed by atoms with van der Waals surface area (Å²) in [5.41, 5.74) is 0. The van der Waals surface area contributed by atoms with Gasteiger partial charge in [0.2, 0.25) is 5.91 Å². The van der Waals surface area contributed by atoms with Gasteiger partial charge in [-0.2, -0.15) is 0 Å². The van der Waals surface area contributed by atoms with Crippen molar-refractivity contribution in [3.63, 3.8) is 0 Å². The van der Waals surface area contributed by atoms with Crippen LogP contribution in [0.3, 0.4) is 0 Å². The number of ether oxygens (including phenoxy) is 1. The smallest absolute Gasteiger partial charge is 0.416 e. The molecule has 1 saturated carbocycles. The van der Waals surface area contributed by atoms with Crippen molar-refractivity contribution in [3.05, 3.63) is 30.3 Å². The summed E-state index contributed by atoms with van der Waals surface area (Å²) in [4.78, 5) is 28.0. The summed E-state index contributed by atoms with van der Waals surface area (Å²) < 4.78 is 4.74. The zero-order valence-corrected chi connectivity index (χ0v) is 19.2. The van der Waals surface area contributed by atoms with Gasteiger partial charge >= 0.3 is 6.09 Å². The van der Waals surface area contributed by atoms with Crippen LogP contribution in [0.1, 0.15) is 65.7 Å². The van der Waals surface area contributed by atoms with Gasteiger partial charge in [0.25, 0.3) is 0 Å². The van der Waals surface area contributed by atoms with E-state index < -0.39 is 22.9 Å². The molecular formula is C24H35NO4S. The normalized spacial score (nSPS) is 24.1. The van der Waals surface area contributed by atoms with E-state index in [2.05, 4.69) is 12.1 Å². The molecule has 0 bridgehead atoms. The summed E-state index contributed by atoms with van der Waals surface area (Å²) >= 11 is 1.70. The van der Waals surface area contributed by atoms with Gasteiger partial charge in [-0.1, -0.05) is 71.1 Å². The predicted molar refractivity (Wildman–Crippen MR) is 119 cm³/mol. The molecule has 1 aliphatic heterocycles. The Labute approximate surface area is 184 Å². The number of benzene rings is 1. The monoisotopic (exact) mass is 433 g/mol. The number of hydrogen-bond acceptors (Lipinski definition) is 5. The average Bonchev–Trinajstić information content (AvgIpc) is 3.11. The number of thioether (sulfide) groups is 1. The molecule has 2 aliphatic rings. The third kappa shape index (κ3) is 5.02. The molecule has 1 heterocycles. The molecule has 2 amide bonds. The maximum Gasteiger partial charge on any atom is 0.416 e. The van der Waals surface area contributed by atoms with Crippen LogP contribution in [0, 0.1) is 11.8 Å². The Morgan fingerprint density at radius 1 is 1.10 bits per heavy atom. The molecule has 0 unspecified atom stereocenters. The number of hydrogen-bond donors (Lipinski definition) is 1. The number of amides is 2. The van der Waals surface area contributed by atoms with Gasteiger partial charge in [-0.3, -0.25) is 4.79 Å². The number of carbonyl (C=O) groups excluding carboxylic acids is 2. The summed E-state index contributed by atoms with van der Waals surface area (Å²) in [5, 5.41) is 11.6. The third-order valence-corrected chi connectivity index (χ3v) is 8.14. The highest BCUT2D eigenvalue weighted by Crippen LogP contribution is 2.47. The molecule has 0 spiro atoms. The maximum atomic E-state index is 13.4. The Morgan fingerprint density at radius 2 is 1.70 bits per heavy atom. The van der Waals surface area contributed by atoms with E-state index in [9.17, 15) is 14.7 Å². The molecule has 0 radical (unpaired) electrons. The Morgan fingerprint density at radius 3 is 2.30 bits per heavy atom. The number of rotatable bonds is 6. The van der Waals surface area contributed by atoms with Crippen LogP contribution in [0.4, 0.5) is 4.79 Å². The Kier molecular flexibility index (Phi) is 7.86. The van der Waals surface area contributed by atoms with Gasteiger partial charge in [0.05, 0.1) is 18.1 Å². The lowest BCUT2D eigenvalue weighted by Crippen LogP contribution is -2.52. The van der Waals surface area contributed by atoms with E-state index >= 15 is 0 Å². The number of carbonyl (C=O) groups is 2. The summed E-state index contributed by atoms with van der Waals surface area (Å²) in [6.07, 6.45) is 5.92. The fourth-order valence-electron chi connectivity index (χ4n) is 4.68. The van der Waals surface area contributed by atoms with Gasteiger partial charge in [-0.15, -0.1) is 11.8 Å². The molecule has 2 fully saturated rings. The molecule has 0 aromatic heterocycles. The second kappa shape index (κ2) is 10.2. The molecule has 1 saturated heterocycles.